The molecule has 0 spiro atoms. The van der Waals surface area contributed by atoms with E-state index in [1.807, 2.05) is 67.6 Å². The Labute approximate surface area is 226 Å². The molecule has 2 aliphatic rings. The first-order valence-corrected chi connectivity index (χ1v) is 13.8. The minimum atomic E-state index is -1.13. The minimum Gasteiger partial charge on any atom is -0.388 e. The molecule has 0 bridgehead atoms. The molecule has 5 atom stereocenters. The molecule has 7 nitrogen and oxygen atoms in total. The van der Waals surface area contributed by atoms with Gasteiger partial charge in [-0.05, 0) is 29.0 Å². The van der Waals surface area contributed by atoms with Crippen LogP contribution in [0.2, 0.25) is 0 Å². The second-order valence-electron chi connectivity index (χ2n) is 9.27. The van der Waals surface area contributed by atoms with Gasteiger partial charge in [0.05, 0.1) is 30.9 Å². The summed E-state index contributed by atoms with van der Waals surface area (Å²) in [6.45, 7) is 2.70. The van der Waals surface area contributed by atoms with Crippen LogP contribution >= 0.6 is 11.8 Å². The molecule has 0 aromatic heterocycles. The molecular weight excluding hydrogens is 502 g/mol. The third kappa shape index (κ3) is 5.55. The summed E-state index contributed by atoms with van der Waals surface area (Å²) in [6, 6.07) is 25.3. The zero-order chi connectivity index (χ0) is 26.5. The van der Waals surface area contributed by atoms with Crippen LogP contribution in [0.1, 0.15) is 38.8 Å². The fraction of sp³-hybridized carbons (Fsp3) is 0.333. The van der Waals surface area contributed by atoms with E-state index >= 15 is 0 Å². The third-order valence-corrected chi connectivity index (χ3v) is 7.83. The molecule has 2 aliphatic heterocycles. The van der Waals surface area contributed by atoms with Gasteiger partial charge in [0.2, 0.25) is 0 Å². The Morgan fingerprint density at radius 2 is 1.39 bits per heavy atom. The summed E-state index contributed by atoms with van der Waals surface area (Å²) in [6.07, 6.45) is -2.70. The zero-order valence-electron chi connectivity index (χ0n) is 21.1. The summed E-state index contributed by atoms with van der Waals surface area (Å²) in [5.41, 5.74) is 2.03. The number of amides is 2. The van der Waals surface area contributed by atoms with Crippen molar-refractivity contribution in [3.05, 3.63) is 107 Å². The number of hydrogen-bond acceptors (Lipinski definition) is 7. The van der Waals surface area contributed by atoms with Crippen molar-refractivity contribution < 1.29 is 28.9 Å². The number of aliphatic hydroxyl groups is 1. The van der Waals surface area contributed by atoms with E-state index < -0.39 is 41.6 Å². The quantitative estimate of drug-likeness (QED) is 0.389. The van der Waals surface area contributed by atoms with Gasteiger partial charge in [-0.2, -0.15) is 0 Å². The predicted molar refractivity (Wildman–Crippen MR) is 145 cm³/mol. The third-order valence-electron chi connectivity index (χ3n) is 6.78. The lowest BCUT2D eigenvalue weighted by Gasteiger charge is -2.47. The largest absolute Gasteiger partial charge is 0.388 e. The van der Waals surface area contributed by atoms with E-state index in [9.17, 15) is 14.7 Å². The summed E-state index contributed by atoms with van der Waals surface area (Å²) in [4.78, 5) is 28.2. The number of rotatable bonds is 10. The second-order valence-corrected chi connectivity index (χ2v) is 10.6. The topological polar surface area (TPSA) is 85.3 Å². The molecule has 1 fully saturated rings. The van der Waals surface area contributed by atoms with E-state index in [0.717, 1.165) is 11.1 Å². The molecule has 3 aromatic carbocycles. The van der Waals surface area contributed by atoms with Crippen LogP contribution in [-0.2, 0) is 27.4 Å². The molecule has 2 heterocycles. The maximum Gasteiger partial charge on any atom is 0.262 e. The average molecular weight is 534 g/mol. The maximum atomic E-state index is 13.5. The van der Waals surface area contributed by atoms with E-state index in [1.54, 1.807) is 24.3 Å². The number of aliphatic hydroxyl groups excluding tert-OH is 1. The Balaban J connectivity index is 1.41. The highest BCUT2D eigenvalue weighted by atomic mass is 32.2. The van der Waals surface area contributed by atoms with E-state index in [-0.39, 0.29) is 13.2 Å². The lowest BCUT2D eigenvalue weighted by Crippen LogP contribution is -2.65. The lowest BCUT2D eigenvalue weighted by atomic mass is 9.96. The van der Waals surface area contributed by atoms with Gasteiger partial charge in [-0.25, -0.2) is 0 Å². The van der Waals surface area contributed by atoms with Crippen molar-refractivity contribution in [2.45, 2.75) is 49.9 Å². The van der Waals surface area contributed by atoms with Crippen LogP contribution in [0.25, 0.3) is 0 Å². The van der Waals surface area contributed by atoms with Crippen molar-refractivity contribution in [1.82, 2.24) is 4.90 Å². The summed E-state index contributed by atoms with van der Waals surface area (Å²) in [5.74, 6) is -0.121. The summed E-state index contributed by atoms with van der Waals surface area (Å²) in [5, 5.41) is 11.5. The highest BCUT2D eigenvalue weighted by Gasteiger charge is 2.53. The van der Waals surface area contributed by atoms with Crippen molar-refractivity contribution in [3.8, 4) is 0 Å². The number of carbonyl (C=O) groups excluding carboxylic acids is 2. The monoisotopic (exact) mass is 533 g/mol. The molecule has 8 heteroatoms. The van der Waals surface area contributed by atoms with Crippen molar-refractivity contribution in [2.75, 3.05) is 12.4 Å². The molecule has 2 amide bonds. The highest BCUT2D eigenvalue weighted by Crippen LogP contribution is 2.37. The van der Waals surface area contributed by atoms with Crippen LogP contribution in [0.5, 0.6) is 0 Å². The normalized spacial score (nSPS) is 25.0. The number of hydrogen-bond donors (Lipinski definition) is 1. The van der Waals surface area contributed by atoms with E-state index in [1.165, 1.54) is 16.7 Å². The van der Waals surface area contributed by atoms with E-state index in [4.69, 9.17) is 14.2 Å². The summed E-state index contributed by atoms with van der Waals surface area (Å²) >= 11 is 1.48. The van der Waals surface area contributed by atoms with Crippen molar-refractivity contribution in [2.24, 2.45) is 0 Å². The van der Waals surface area contributed by atoms with Gasteiger partial charge in [0.25, 0.3) is 11.8 Å². The zero-order valence-corrected chi connectivity index (χ0v) is 22.0. The fourth-order valence-corrected chi connectivity index (χ4v) is 5.94. The summed E-state index contributed by atoms with van der Waals surface area (Å²) in [7, 11) is 0. The Kier molecular flexibility index (Phi) is 8.56. The van der Waals surface area contributed by atoms with Gasteiger partial charge in [0.1, 0.15) is 29.8 Å². The van der Waals surface area contributed by atoms with Crippen LogP contribution < -0.4 is 0 Å². The first kappa shape index (κ1) is 26.6. The first-order chi connectivity index (χ1) is 18.6. The van der Waals surface area contributed by atoms with Gasteiger partial charge in [-0.3, -0.25) is 14.5 Å². The molecule has 3 aromatic rings. The van der Waals surface area contributed by atoms with Crippen LogP contribution in [0.4, 0.5) is 0 Å². The van der Waals surface area contributed by atoms with Crippen molar-refractivity contribution >= 4 is 23.6 Å². The van der Waals surface area contributed by atoms with Crippen LogP contribution in [0.15, 0.2) is 84.9 Å². The Bertz CT molecular complexity index is 1200. The molecule has 1 N–H and O–H groups in total. The molecule has 198 valence electrons. The molecule has 1 saturated heterocycles. The number of ether oxygens (including phenoxy) is 3. The lowest BCUT2D eigenvalue weighted by molar-refractivity contribution is -0.205. The molecule has 0 saturated carbocycles. The van der Waals surface area contributed by atoms with Gasteiger partial charge in [-0.15, -0.1) is 11.8 Å². The molecule has 0 radical (unpaired) electrons. The van der Waals surface area contributed by atoms with Crippen LogP contribution in [-0.4, -0.2) is 64.0 Å². The first-order valence-electron chi connectivity index (χ1n) is 12.8. The Morgan fingerprint density at radius 3 is 1.97 bits per heavy atom. The van der Waals surface area contributed by atoms with E-state index in [0.29, 0.717) is 23.5 Å². The number of benzene rings is 3. The number of fused-ring (bicyclic) bond motifs is 1. The van der Waals surface area contributed by atoms with Crippen molar-refractivity contribution in [1.29, 1.82) is 0 Å². The molecule has 38 heavy (non-hydrogen) atoms. The fourth-order valence-electron chi connectivity index (χ4n) is 4.92. The SMILES string of the molecule is CCSC1OC(COCc2ccccc2)C(O)C(OCc2ccccc2)C1N1C(=O)c2ccccc2C1=O. The number of thioether (sulfide) groups is 1. The van der Waals surface area contributed by atoms with Gasteiger partial charge in [-0.1, -0.05) is 79.7 Å². The second kappa shape index (κ2) is 12.2. The predicted octanol–water partition coefficient (Wildman–Crippen LogP) is 4.29. The number of imide groups is 1. The molecule has 5 rings (SSSR count). The average Bonchev–Trinajstić information content (AvgIpc) is 3.20. The van der Waals surface area contributed by atoms with Gasteiger partial charge >= 0.3 is 0 Å². The Morgan fingerprint density at radius 1 is 0.842 bits per heavy atom. The molecule has 0 aliphatic carbocycles. The van der Waals surface area contributed by atoms with Gasteiger partial charge in [0, 0.05) is 0 Å². The van der Waals surface area contributed by atoms with Crippen LogP contribution in [0, 0.1) is 0 Å². The number of nitrogens with zero attached hydrogens (tertiary/aromatic N) is 1. The summed E-state index contributed by atoms with van der Waals surface area (Å²) < 4.78 is 18.6. The molecule has 5 unspecified atom stereocenters. The highest BCUT2D eigenvalue weighted by molar-refractivity contribution is 7.99. The van der Waals surface area contributed by atoms with Gasteiger partial charge < -0.3 is 19.3 Å². The smallest absolute Gasteiger partial charge is 0.262 e. The van der Waals surface area contributed by atoms with Gasteiger partial charge in [0.15, 0.2) is 0 Å². The number of carbonyl (C=O) groups is 2. The van der Waals surface area contributed by atoms with Crippen LogP contribution in [0.3, 0.4) is 0 Å². The molecular formula is C30H31NO6S. The Hall–Kier alpha value is -3.01. The minimum absolute atomic E-state index is 0.136. The van der Waals surface area contributed by atoms with E-state index in [2.05, 4.69) is 0 Å². The standard InChI is InChI=1S/C30H31NO6S/c1-2-38-30-25(31-28(33)22-15-9-10-16-23(22)29(31)34)27(36-18-21-13-7-4-8-14-21)26(32)24(37-30)19-35-17-20-11-5-3-6-12-20/h3-16,24-27,30,32H,2,17-19H2,1H3. The maximum absolute atomic E-state index is 13.5. The van der Waals surface area contributed by atoms with Crippen molar-refractivity contribution in [3.63, 3.8) is 0 Å².